The summed E-state index contributed by atoms with van der Waals surface area (Å²) in [6.07, 6.45) is 3.52. The lowest BCUT2D eigenvalue weighted by Gasteiger charge is -2.17. The topological polar surface area (TPSA) is 122 Å². The molecule has 1 aromatic carbocycles. The number of hydrogen-bond donors (Lipinski definition) is 0. The Balaban J connectivity index is 1.79. The van der Waals surface area contributed by atoms with Crippen LogP contribution >= 0.6 is 0 Å². The van der Waals surface area contributed by atoms with E-state index in [-0.39, 0.29) is 18.0 Å². The number of sulfone groups is 1. The van der Waals surface area contributed by atoms with E-state index in [1.165, 1.54) is 14.2 Å². The van der Waals surface area contributed by atoms with Gasteiger partial charge in [0.05, 0.1) is 19.5 Å². The molecule has 0 amide bonds. The van der Waals surface area contributed by atoms with Crippen molar-refractivity contribution in [3.05, 3.63) is 65.7 Å². The van der Waals surface area contributed by atoms with Crippen molar-refractivity contribution >= 4 is 9.84 Å². The Morgan fingerprint density at radius 3 is 2.23 bits per heavy atom. The van der Waals surface area contributed by atoms with Crippen LogP contribution in [0, 0.1) is 13.8 Å². The first-order chi connectivity index (χ1) is 16.7. The molecule has 0 saturated heterocycles. The minimum absolute atomic E-state index is 0.180. The van der Waals surface area contributed by atoms with Crippen molar-refractivity contribution < 1.29 is 22.3 Å². The number of ether oxygens (including phenoxy) is 2. The molecule has 0 radical (unpaired) electrons. The molecule has 11 heteroatoms. The normalized spacial score (nSPS) is 12.5. The van der Waals surface area contributed by atoms with E-state index < -0.39 is 15.1 Å². The molecule has 0 unspecified atom stereocenters. The number of para-hydroxylation sites is 1. The summed E-state index contributed by atoms with van der Waals surface area (Å²) < 4.78 is 45.3. The summed E-state index contributed by atoms with van der Waals surface area (Å²) in [7, 11) is -0.616. The number of aromatic nitrogens is 5. The molecule has 0 aliphatic rings. The van der Waals surface area contributed by atoms with Crippen molar-refractivity contribution in [1.82, 2.24) is 24.7 Å². The summed E-state index contributed by atoms with van der Waals surface area (Å²) in [4.78, 5) is 8.48. The zero-order valence-electron chi connectivity index (χ0n) is 20.2. The standard InChI is InChI=1S/C24H27N5O5S/c1-15-12-25-21(26-13-15)11-17(3)35(30,31)14-22-27-28-24(20-10-9-16(2)34-20)29(22)23-18(32-4)7-6-8-19(23)33-5/h6-10,12-13,17H,11,14H2,1-5H3/t17-/m1/s1. The van der Waals surface area contributed by atoms with Crippen LogP contribution in [0.2, 0.25) is 0 Å². The zero-order valence-corrected chi connectivity index (χ0v) is 21.0. The predicted octanol–water partition coefficient (Wildman–Crippen LogP) is 3.50. The lowest BCUT2D eigenvalue weighted by atomic mass is 10.2. The fourth-order valence-corrected chi connectivity index (χ4v) is 4.88. The quantitative estimate of drug-likeness (QED) is 0.342. The van der Waals surface area contributed by atoms with Gasteiger partial charge in [-0.25, -0.2) is 18.4 Å². The first-order valence-corrected chi connectivity index (χ1v) is 12.7. The maximum atomic E-state index is 13.4. The molecule has 10 nitrogen and oxygen atoms in total. The van der Waals surface area contributed by atoms with E-state index in [2.05, 4.69) is 20.2 Å². The minimum atomic E-state index is -3.67. The van der Waals surface area contributed by atoms with Crippen LogP contribution in [-0.2, 0) is 22.0 Å². The highest BCUT2D eigenvalue weighted by molar-refractivity contribution is 7.91. The molecule has 3 aromatic heterocycles. The summed E-state index contributed by atoms with van der Waals surface area (Å²) in [5.41, 5.74) is 1.38. The molecule has 0 spiro atoms. The number of rotatable bonds is 9. The number of benzene rings is 1. The summed E-state index contributed by atoms with van der Waals surface area (Å²) in [6.45, 7) is 5.33. The second-order valence-corrected chi connectivity index (χ2v) is 10.6. The summed E-state index contributed by atoms with van der Waals surface area (Å²) in [5, 5.41) is 7.78. The molecule has 1 atom stereocenters. The Kier molecular flexibility index (Phi) is 6.88. The van der Waals surface area contributed by atoms with Gasteiger partial charge in [0.1, 0.15) is 34.5 Å². The van der Waals surface area contributed by atoms with Crippen LogP contribution in [0.15, 0.2) is 47.1 Å². The van der Waals surface area contributed by atoms with Crippen LogP contribution in [0.25, 0.3) is 17.3 Å². The summed E-state index contributed by atoms with van der Waals surface area (Å²) in [5.74, 6) is 2.69. The SMILES string of the molecule is COc1cccc(OC)c1-n1c(CS(=O)(=O)[C@H](C)Cc2ncc(C)cn2)nnc1-c1ccc(C)o1. The number of aryl methyl sites for hydroxylation is 2. The average molecular weight is 498 g/mol. The van der Waals surface area contributed by atoms with Crippen LogP contribution in [-0.4, -0.2) is 52.6 Å². The van der Waals surface area contributed by atoms with Crippen molar-refractivity contribution in [3.63, 3.8) is 0 Å². The fourth-order valence-electron chi connectivity index (χ4n) is 3.64. The van der Waals surface area contributed by atoms with Gasteiger partial charge in [-0.1, -0.05) is 6.07 Å². The maximum absolute atomic E-state index is 13.4. The van der Waals surface area contributed by atoms with Crippen molar-refractivity contribution in [2.24, 2.45) is 0 Å². The zero-order chi connectivity index (χ0) is 25.2. The Morgan fingerprint density at radius 1 is 1.00 bits per heavy atom. The summed E-state index contributed by atoms with van der Waals surface area (Å²) in [6, 6.07) is 8.85. The minimum Gasteiger partial charge on any atom is -0.494 e. The Morgan fingerprint density at radius 2 is 1.66 bits per heavy atom. The maximum Gasteiger partial charge on any atom is 0.204 e. The van der Waals surface area contributed by atoms with E-state index in [1.807, 2.05) is 13.8 Å². The van der Waals surface area contributed by atoms with Crippen LogP contribution in [0.1, 0.15) is 29.9 Å². The average Bonchev–Trinajstić information content (AvgIpc) is 3.45. The van der Waals surface area contributed by atoms with Gasteiger partial charge in [-0.05, 0) is 50.6 Å². The molecule has 0 bridgehead atoms. The summed E-state index contributed by atoms with van der Waals surface area (Å²) >= 11 is 0. The molecule has 4 rings (SSSR count). The highest BCUT2D eigenvalue weighted by atomic mass is 32.2. The van der Waals surface area contributed by atoms with Crippen LogP contribution in [0.5, 0.6) is 11.5 Å². The Hall–Kier alpha value is -3.73. The first-order valence-electron chi connectivity index (χ1n) is 10.9. The number of furan rings is 1. The van der Waals surface area contributed by atoms with Gasteiger partial charge in [0.25, 0.3) is 0 Å². The van der Waals surface area contributed by atoms with Crippen LogP contribution < -0.4 is 9.47 Å². The number of methoxy groups -OCH3 is 2. The van der Waals surface area contributed by atoms with E-state index in [4.69, 9.17) is 13.9 Å². The van der Waals surface area contributed by atoms with E-state index >= 15 is 0 Å². The van der Waals surface area contributed by atoms with E-state index in [9.17, 15) is 8.42 Å². The third-order valence-corrected chi connectivity index (χ3v) is 7.62. The van der Waals surface area contributed by atoms with Crippen molar-refractivity contribution in [2.75, 3.05) is 14.2 Å². The van der Waals surface area contributed by atoms with Gasteiger partial charge < -0.3 is 13.9 Å². The molecule has 0 aliphatic carbocycles. The lowest BCUT2D eigenvalue weighted by Crippen LogP contribution is -2.24. The molecule has 35 heavy (non-hydrogen) atoms. The highest BCUT2D eigenvalue weighted by Crippen LogP contribution is 2.37. The largest absolute Gasteiger partial charge is 0.494 e. The molecule has 0 aliphatic heterocycles. The molecule has 0 saturated carbocycles. The third kappa shape index (κ3) is 5.04. The van der Waals surface area contributed by atoms with Gasteiger partial charge in [-0.15, -0.1) is 10.2 Å². The highest BCUT2D eigenvalue weighted by Gasteiger charge is 2.30. The Labute approximate surface area is 203 Å². The molecular weight excluding hydrogens is 470 g/mol. The van der Waals surface area contributed by atoms with Gasteiger partial charge in [0.2, 0.25) is 5.82 Å². The van der Waals surface area contributed by atoms with Gasteiger partial charge in [0, 0.05) is 18.8 Å². The molecule has 4 aromatic rings. The van der Waals surface area contributed by atoms with Crippen molar-refractivity contribution in [1.29, 1.82) is 0 Å². The van der Waals surface area contributed by atoms with Crippen molar-refractivity contribution in [2.45, 2.75) is 38.2 Å². The molecule has 0 N–H and O–H groups in total. The van der Waals surface area contributed by atoms with Crippen molar-refractivity contribution in [3.8, 4) is 28.8 Å². The first kappa shape index (κ1) is 24.4. The molecule has 0 fully saturated rings. The van der Waals surface area contributed by atoms with Crippen LogP contribution in [0.3, 0.4) is 0 Å². The molecule has 3 heterocycles. The lowest BCUT2D eigenvalue weighted by molar-refractivity contribution is 0.390. The smallest absolute Gasteiger partial charge is 0.204 e. The second kappa shape index (κ2) is 9.87. The van der Waals surface area contributed by atoms with Gasteiger partial charge in [-0.2, -0.15) is 0 Å². The van der Waals surface area contributed by atoms with E-state index in [1.54, 1.807) is 54.2 Å². The fraction of sp³-hybridized carbons (Fsp3) is 0.333. The van der Waals surface area contributed by atoms with Gasteiger partial charge >= 0.3 is 0 Å². The van der Waals surface area contributed by atoms with E-state index in [0.717, 1.165) is 5.56 Å². The predicted molar refractivity (Wildman–Crippen MR) is 129 cm³/mol. The number of nitrogens with zero attached hydrogens (tertiary/aromatic N) is 5. The third-order valence-electron chi connectivity index (χ3n) is 5.56. The molecule has 184 valence electrons. The Bertz CT molecular complexity index is 1400. The second-order valence-electron chi connectivity index (χ2n) is 8.20. The van der Waals surface area contributed by atoms with Crippen LogP contribution in [0.4, 0.5) is 0 Å². The monoisotopic (exact) mass is 497 g/mol. The van der Waals surface area contributed by atoms with Gasteiger partial charge in [-0.3, -0.25) is 4.57 Å². The van der Waals surface area contributed by atoms with Gasteiger partial charge in [0.15, 0.2) is 21.4 Å². The van der Waals surface area contributed by atoms with E-state index in [0.29, 0.717) is 40.4 Å². The molecular formula is C24H27N5O5S. The number of hydrogen-bond acceptors (Lipinski definition) is 9.